The van der Waals surface area contributed by atoms with Crippen LogP contribution in [0.25, 0.3) is 0 Å². The van der Waals surface area contributed by atoms with Crippen LogP contribution in [0.15, 0.2) is 24.3 Å². The van der Waals surface area contributed by atoms with E-state index in [2.05, 4.69) is 19.2 Å². The van der Waals surface area contributed by atoms with Gasteiger partial charge in [-0.1, -0.05) is 26.0 Å². The first-order valence-electron chi connectivity index (χ1n) is 6.59. The van der Waals surface area contributed by atoms with Crippen LogP contribution >= 0.6 is 0 Å². The van der Waals surface area contributed by atoms with E-state index in [0.29, 0.717) is 18.8 Å². The maximum absolute atomic E-state index is 12.9. The van der Waals surface area contributed by atoms with E-state index in [4.69, 9.17) is 0 Å². The SMILES string of the molecule is CC(C)CCCNC(=O)CCc1cccc(F)c1. The third-order valence-electron chi connectivity index (χ3n) is 2.81. The second-order valence-corrected chi connectivity index (χ2v) is 5.02. The molecule has 18 heavy (non-hydrogen) atoms. The van der Waals surface area contributed by atoms with Crippen molar-refractivity contribution in [3.05, 3.63) is 35.6 Å². The third kappa shape index (κ3) is 6.38. The lowest BCUT2D eigenvalue weighted by Crippen LogP contribution is -2.24. The number of carbonyl (C=O) groups is 1. The number of halogens is 1. The largest absolute Gasteiger partial charge is 0.356 e. The molecule has 0 saturated carbocycles. The second-order valence-electron chi connectivity index (χ2n) is 5.02. The van der Waals surface area contributed by atoms with Gasteiger partial charge in [0.25, 0.3) is 0 Å². The van der Waals surface area contributed by atoms with Crippen molar-refractivity contribution in [2.24, 2.45) is 5.92 Å². The predicted molar refractivity (Wildman–Crippen MR) is 71.8 cm³/mol. The molecule has 0 atom stereocenters. The second kappa shape index (κ2) is 7.85. The number of hydrogen-bond acceptors (Lipinski definition) is 1. The van der Waals surface area contributed by atoms with E-state index < -0.39 is 0 Å². The highest BCUT2D eigenvalue weighted by Gasteiger charge is 2.03. The zero-order valence-corrected chi connectivity index (χ0v) is 11.2. The molecule has 100 valence electrons. The summed E-state index contributed by atoms with van der Waals surface area (Å²) in [6.45, 7) is 5.08. The van der Waals surface area contributed by atoms with E-state index in [-0.39, 0.29) is 11.7 Å². The number of aryl methyl sites for hydroxylation is 1. The zero-order valence-electron chi connectivity index (χ0n) is 11.2. The zero-order chi connectivity index (χ0) is 13.4. The van der Waals surface area contributed by atoms with Crippen molar-refractivity contribution in [2.45, 2.75) is 39.5 Å². The molecule has 3 heteroatoms. The summed E-state index contributed by atoms with van der Waals surface area (Å²) in [5.41, 5.74) is 0.868. The lowest BCUT2D eigenvalue weighted by Gasteiger charge is -2.07. The lowest BCUT2D eigenvalue weighted by molar-refractivity contribution is -0.121. The van der Waals surface area contributed by atoms with E-state index in [0.717, 1.165) is 24.9 Å². The van der Waals surface area contributed by atoms with Crippen molar-refractivity contribution in [3.63, 3.8) is 0 Å². The highest BCUT2D eigenvalue weighted by Crippen LogP contribution is 2.06. The van der Waals surface area contributed by atoms with E-state index in [9.17, 15) is 9.18 Å². The summed E-state index contributed by atoms with van der Waals surface area (Å²) in [5, 5.41) is 2.89. The fourth-order valence-corrected chi connectivity index (χ4v) is 1.78. The fourth-order valence-electron chi connectivity index (χ4n) is 1.78. The summed E-state index contributed by atoms with van der Waals surface area (Å²) in [6.07, 6.45) is 3.16. The first-order chi connectivity index (χ1) is 8.58. The molecule has 0 aliphatic heterocycles. The molecule has 0 heterocycles. The van der Waals surface area contributed by atoms with Crippen LogP contribution in [0, 0.1) is 11.7 Å². The molecule has 2 nitrogen and oxygen atoms in total. The number of benzene rings is 1. The van der Waals surface area contributed by atoms with Crippen molar-refractivity contribution in [1.82, 2.24) is 5.32 Å². The summed E-state index contributed by atoms with van der Waals surface area (Å²) in [4.78, 5) is 11.5. The van der Waals surface area contributed by atoms with Gasteiger partial charge in [-0.3, -0.25) is 4.79 Å². The van der Waals surface area contributed by atoms with Gasteiger partial charge in [-0.05, 0) is 42.9 Å². The summed E-state index contributed by atoms with van der Waals surface area (Å²) < 4.78 is 12.9. The minimum absolute atomic E-state index is 0.0445. The number of hydrogen-bond donors (Lipinski definition) is 1. The van der Waals surface area contributed by atoms with Crippen LogP contribution in [0.4, 0.5) is 4.39 Å². The molecule has 0 radical (unpaired) electrons. The molecule has 0 saturated heterocycles. The van der Waals surface area contributed by atoms with E-state index in [1.165, 1.54) is 12.1 Å². The quantitative estimate of drug-likeness (QED) is 0.740. The van der Waals surface area contributed by atoms with Gasteiger partial charge in [0.05, 0.1) is 0 Å². The Labute approximate surface area is 109 Å². The fraction of sp³-hybridized carbons (Fsp3) is 0.533. The molecule has 1 aromatic rings. The van der Waals surface area contributed by atoms with E-state index in [1.807, 2.05) is 6.07 Å². The van der Waals surface area contributed by atoms with Crippen molar-refractivity contribution in [3.8, 4) is 0 Å². The van der Waals surface area contributed by atoms with Gasteiger partial charge in [0.2, 0.25) is 5.91 Å². The Morgan fingerprint density at radius 3 is 2.83 bits per heavy atom. The minimum Gasteiger partial charge on any atom is -0.356 e. The van der Waals surface area contributed by atoms with Crippen LogP contribution in [0.2, 0.25) is 0 Å². The average molecular weight is 251 g/mol. The Morgan fingerprint density at radius 2 is 2.17 bits per heavy atom. The molecule has 1 rings (SSSR count). The third-order valence-corrected chi connectivity index (χ3v) is 2.81. The molecule has 0 bridgehead atoms. The van der Waals surface area contributed by atoms with Crippen LogP contribution in [0.5, 0.6) is 0 Å². The maximum Gasteiger partial charge on any atom is 0.220 e. The number of carbonyl (C=O) groups excluding carboxylic acids is 1. The Balaban J connectivity index is 2.17. The smallest absolute Gasteiger partial charge is 0.220 e. The summed E-state index contributed by atoms with van der Waals surface area (Å²) in [7, 11) is 0. The van der Waals surface area contributed by atoms with Crippen LogP contribution < -0.4 is 5.32 Å². The Kier molecular flexibility index (Phi) is 6.40. The molecule has 1 amide bonds. The standard InChI is InChI=1S/C15H22FNO/c1-12(2)5-4-10-17-15(18)9-8-13-6-3-7-14(16)11-13/h3,6-7,11-12H,4-5,8-10H2,1-2H3,(H,17,18). The Morgan fingerprint density at radius 1 is 1.39 bits per heavy atom. The number of nitrogens with one attached hydrogen (secondary N) is 1. The average Bonchev–Trinajstić information content (AvgIpc) is 2.32. The van der Waals surface area contributed by atoms with Gasteiger partial charge in [-0.15, -0.1) is 0 Å². The van der Waals surface area contributed by atoms with Crippen molar-refractivity contribution >= 4 is 5.91 Å². The molecule has 0 unspecified atom stereocenters. The van der Waals surface area contributed by atoms with Crippen molar-refractivity contribution in [2.75, 3.05) is 6.54 Å². The van der Waals surface area contributed by atoms with Gasteiger partial charge < -0.3 is 5.32 Å². The molecule has 0 aliphatic carbocycles. The van der Waals surface area contributed by atoms with Gasteiger partial charge in [0.15, 0.2) is 0 Å². The van der Waals surface area contributed by atoms with Gasteiger partial charge in [0.1, 0.15) is 5.82 Å². The normalized spacial score (nSPS) is 10.7. The highest BCUT2D eigenvalue weighted by molar-refractivity contribution is 5.76. The van der Waals surface area contributed by atoms with E-state index in [1.54, 1.807) is 6.07 Å². The number of rotatable bonds is 7. The van der Waals surface area contributed by atoms with Crippen LogP contribution in [-0.2, 0) is 11.2 Å². The molecule has 1 aromatic carbocycles. The van der Waals surface area contributed by atoms with Crippen LogP contribution in [0.1, 0.15) is 38.7 Å². The van der Waals surface area contributed by atoms with Gasteiger partial charge in [0, 0.05) is 13.0 Å². The summed E-state index contributed by atoms with van der Waals surface area (Å²) in [6, 6.07) is 6.40. The molecular weight excluding hydrogens is 229 g/mol. The van der Waals surface area contributed by atoms with Crippen LogP contribution in [0.3, 0.4) is 0 Å². The summed E-state index contributed by atoms with van der Waals surface area (Å²) in [5.74, 6) is 0.474. The van der Waals surface area contributed by atoms with Gasteiger partial charge in [-0.2, -0.15) is 0 Å². The van der Waals surface area contributed by atoms with Gasteiger partial charge >= 0.3 is 0 Å². The topological polar surface area (TPSA) is 29.1 Å². The predicted octanol–water partition coefficient (Wildman–Crippen LogP) is 3.31. The van der Waals surface area contributed by atoms with E-state index >= 15 is 0 Å². The highest BCUT2D eigenvalue weighted by atomic mass is 19.1. The lowest BCUT2D eigenvalue weighted by atomic mass is 10.1. The van der Waals surface area contributed by atoms with Crippen molar-refractivity contribution in [1.29, 1.82) is 0 Å². The summed E-state index contributed by atoms with van der Waals surface area (Å²) >= 11 is 0. The number of amides is 1. The molecule has 1 N–H and O–H groups in total. The van der Waals surface area contributed by atoms with Crippen molar-refractivity contribution < 1.29 is 9.18 Å². The first-order valence-corrected chi connectivity index (χ1v) is 6.59. The van der Waals surface area contributed by atoms with Gasteiger partial charge in [-0.25, -0.2) is 4.39 Å². The first kappa shape index (κ1) is 14.7. The maximum atomic E-state index is 12.9. The minimum atomic E-state index is -0.246. The Bertz CT molecular complexity index is 377. The van der Waals surface area contributed by atoms with Crippen LogP contribution in [-0.4, -0.2) is 12.5 Å². The molecular formula is C15H22FNO. The molecule has 0 aliphatic rings. The molecule has 0 fully saturated rings. The monoisotopic (exact) mass is 251 g/mol. The Hall–Kier alpha value is -1.38. The molecule has 0 aromatic heterocycles. The molecule has 0 spiro atoms.